The molecule has 5 nitrogen and oxygen atoms in total. The highest BCUT2D eigenvalue weighted by Gasteiger charge is 2.08. The predicted octanol–water partition coefficient (Wildman–Crippen LogP) is 2.00. The van der Waals surface area contributed by atoms with Gasteiger partial charge in [0.25, 0.3) is 0 Å². The molecule has 1 amide bonds. The van der Waals surface area contributed by atoms with E-state index in [1.165, 1.54) is 0 Å². The van der Waals surface area contributed by atoms with Crippen LogP contribution >= 0.6 is 0 Å². The number of carbonyl (C=O) groups excluding carboxylic acids is 1. The summed E-state index contributed by atoms with van der Waals surface area (Å²) in [7, 11) is 0. The van der Waals surface area contributed by atoms with Gasteiger partial charge in [-0.2, -0.15) is 0 Å². The minimum absolute atomic E-state index is 0.121. The summed E-state index contributed by atoms with van der Waals surface area (Å²) in [6.45, 7) is 9.51. The van der Waals surface area contributed by atoms with Crippen LogP contribution in [0.25, 0.3) is 0 Å². The van der Waals surface area contributed by atoms with Crippen molar-refractivity contribution in [2.45, 2.75) is 40.7 Å². The summed E-state index contributed by atoms with van der Waals surface area (Å²) < 4.78 is 4.91. The summed E-state index contributed by atoms with van der Waals surface area (Å²) in [5, 5.41) is 2.57. The van der Waals surface area contributed by atoms with E-state index in [2.05, 4.69) is 16.2 Å². The Kier molecular flexibility index (Phi) is 6.83. The van der Waals surface area contributed by atoms with Gasteiger partial charge in [-0.15, -0.1) is 0 Å². The van der Waals surface area contributed by atoms with Crippen LogP contribution in [-0.4, -0.2) is 12.2 Å². The molecule has 0 fully saturated rings. The summed E-state index contributed by atoms with van der Waals surface area (Å²) in [5.74, 6) is 0.579. The van der Waals surface area contributed by atoms with Crippen molar-refractivity contribution in [2.75, 3.05) is 0 Å². The molecule has 5 heteroatoms. The first-order chi connectivity index (χ1) is 7.58. The summed E-state index contributed by atoms with van der Waals surface area (Å²) in [5.41, 5.74) is 6.59. The molecule has 0 saturated carbocycles. The van der Waals surface area contributed by atoms with Crippen molar-refractivity contribution in [3.05, 3.63) is 23.7 Å². The van der Waals surface area contributed by atoms with Crippen molar-refractivity contribution in [1.29, 1.82) is 0 Å². The molecular weight excluding hydrogens is 206 g/mol. The third kappa shape index (κ3) is 5.95. The lowest BCUT2D eigenvalue weighted by molar-refractivity contribution is 0.117. The van der Waals surface area contributed by atoms with E-state index < -0.39 is 6.09 Å². The lowest BCUT2D eigenvalue weighted by Crippen LogP contribution is -2.39. The summed E-state index contributed by atoms with van der Waals surface area (Å²) in [4.78, 5) is 11.2. The highest BCUT2D eigenvalue weighted by Crippen LogP contribution is 2.00. The lowest BCUT2D eigenvalue weighted by atomic mass is 10.3. The molecule has 0 aliphatic carbocycles. The van der Waals surface area contributed by atoms with Gasteiger partial charge in [0.05, 0.1) is 6.10 Å². The molecule has 1 heterocycles. The van der Waals surface area contributed by atoms with Crippen LogP contribution in [-0.2, 0) is 4.74 Å². The number of amides is 1. The van der Waals surface area contributed by atoms with E-state index in [-0.39, 0.29) is 6.10 Å². The summed E-state index contributed by atoms with van der Waals surface area (Å²) in [6, 6.07) is 0. The van der Waals surface area contributed by atoms with Crippen LogP contribution in [0, 0.1) is 0 Å². The summed E-state index contributed by atoms with van der Waals surface area (Å²) in [6.07, 6.45) is 3.01. The van der Waals surface area contributed by atoms with E-state index in [1.54, 1.807) is 26.1 Å². The highest BCUT2D eigenvalue weighted by molar-refractivity contribution is 5.69. The first-order valence-corrected chi connectivity index (χ1v) is 5.45. The second-order valence-electron chi connectivity index (χ2n) is 3.29. The fraction of sp³-hybridized carbons (Fsp3) is 0.545. The molecule has 92 valence electrons. The number of allylic oxidation sites excluding steroid dienone is 2. The molecule has 16 heavy (non-hydrogen) atoms. The Labute approximate surface area is 96.9 Å². The molecule has 0 aromatic carbocycles. The maximum atomic E-state index is 11.2. The molecular formula is C11H21N3O2. The molecule has 1 rings (SSSR count). The highest BCUT2D eigenvalue weighted by atomic mass is 16.6. The van der Waals surface area contributed by atoms with Gasteiger partial charge in [0.15, 0.2) is 0 Å². The lowest BCUT2D eigenvalue weighted by Gasteiger charge is -2.17. The van der Waals surface area contributed by atoms with Crippen molar-refractivity contribution in [3.63, 3.8) is 0 Å². The van der Waals surface area contributed by atoms with Crippen molar-refractivity contribution >= 4 is 6.09 Å². The van der Waals surface area contributed by atoms with E-state index in [9.17, 15) is 4.79 Å². The van der Waals surface area contributed by atoms with Crippen molar-refractivity contribution in [3.8, 4) is 0 Å². The molecule has 1 aliphatic heterocycles. The van der Waals surface area contributed by atoms with Gasteiger partial charge in [-0.05, 0) is 32.4 Å². The smallest absolute Gasteiger partial charge is 0.413 e. The molecule has 1 aliphatic rings. The predicted molar refractivity (Wildman–Crippen MR) is 64.2 cm³/mol. The zero-order valence-corrected chi connectivity index (χ0v) is 10.5. The zero-order chi connectivity index (χ0) is 12.6. The fourth-order valence-corrected chi connectivity index (χ4v) is 0.954. The van der Waals surface area contributed by atoms with Crippen molar-refractivity contribution in [2.24, 2.45) is 0 Å². The van der Waals surface area contributed by atoms with Crippen molar-refractivity contribution < 1.29 is 9.53 Å². The van der Waals surface area contributed by atoms with Crippen LogP contribution < -0.4 is 16.2 Å². The van der Waals surface area contributed by atoms with Crippen LogP contribution in [0.1, 0.15) is 34.6 Å². The number of nitrogens with one attached hydrogen (secondary N) is 3. The first kappa shape index (κ1) is 14.3. The summed E-state index contributed by atoms with van der Waals surface area (Å²) >= 11 is 0. The van der Waals surface area contributed by atoms with Crippen molar-refractivity contribution in [1.82, 2.24) is 16.2 Å². The third-order valence-corrected chi connectivity index (χ3v) is 1.46. The average molecular weight is 227 g/mol. The van der Waals surface area contributed by atoms with Crippen LogP contribution in [0.3, 0.4) is 0 Å². The number of alkyl carbamates (subject to hydrolysis) is 1. The van der Waals surface area contributed by atoms with E-state index in [0.717, 1.165) is 5.57 Å². The molecule has 0 spiro atoms. The first-order valence-electron chi connectivity index (χ1n) is 5.45. The van der Waals surface area contributed by atoms with Crippen LogP contribution in [0.5, 0.6) is 0 Å². The second kappa shape index (κ2) is 7.62. The Bertz CT molecular complexity index is 283. The monoisotopic (exact) mass is 227 g/mol. The van der Waals surface area contributed by atoms with Gasteiger partial charge in [-0.3, -0.25) is 10.7 Å². The van der Waals surface area contributed by atoms with Gasteiger partial charge in [0, 0.05) is 6.20 Å². The number of carbonyl (C=O) groups is 1. The van der Waals surface area contributed by atoms with Crippen LogP contribution in [0.15, 0.2) is 23.7 Å². The molecule has 0 unspecified atom stereocenters. The van der Waals surface area contributed by atoms with Crippen LogP contribution in [0.4, 0.5) is 4.79 Å². The van der Waals surface area contributed by atoms with Gasteiger partial charge in [0.1, 0.15) is 5.82 Å². The van der Waals surface area contributed by atoms with Gasteiger partial charge in [0.2, 0.25) is 0 Å². The van der Waals surface area contributed by atoms with E-state index in [0.29, 0.717) is 5.82 Å². The molecule has 0 saturated heterocycles. The number of hydrogen-bond acceptors (Lipinski definition) is 4. The van der Waals surface area contributed by atoms with Crippen LogP contribution in [0.2, 0.25) is 0 Å². The number of hydrogen-bond donors (Lipinski definition) is 3. The topological polar surface area (TPSA) is 62.4 Å². The number of hydrazine groups is 1. The van der Waals surface area contributed by atoms with Gasteiger partial charge < -0.3 is 10.2 Å². The fourth-order valence-electron chi connectivity index (χ4n) is 0.954. The third-order valence-electron chi connectivity index (χ3n) is 1.46. The largest absolute Gasteiger partial charge is 0.447 e. The molecule has 0 radical (unpaired) electrons. The Hall–Kier alpha value is -1.65. The maximum Gasteiger partial charge on any atom is 0.413 e. The molecule has 0 aromatic heterocycles. The van der Waals surface area contributed by atoms with E-state index in [4.69, 9.17) is 4.74 Å². The quantitative estimate of drug-likeness (QED) is 0.675. The Morgan fingerprint density at radius 1 is 1.44 bits per heavy atom. The minimum atomic E-state index is -0.463. The standard InChI is InChI=1S/C9H15N3O2.C2H6/c1-6(2)14-9(13)11-8-4-7(3)5-10-12-8;1-2/h4-6,10,12H,1-3H3,(H,11,13);1-2H3. The van der Waals surface area contributed by atoms with E-state index in [1.807, 2.05) is 20.8 Å². The van der Waals surface area contributed by atoms with Gasteiger partial charge >= 0.3 is 6.09 Å². The maximum absolute atomic E-state index is 11.2. The molecule has 0 atom stereocenters. The minimum Gasteiger partial charge on any atom is -0.447 e. The SMILES string of the molecule is CC.CC1=CNNC(NC(=O)OC(C)C)=C1. The Balaban J connectivity index is 0.00000106. The zero-order valence-electron chi connectivity index (χ0n) is 10.5. The Morgan fingerprint density at radius 3 is 2.56 bits per heavy atom. The Morgan fingerprint density at radius 2 is 2.06 bits per heavy atom. The van der Waals surface area contributed by atoms with E-state index >= 15 is 0 Å². The molecule has 0 aromatic rings. The normalized spacial score (nSPS) is 13.4. The van der Waals surface area contributed by atoms with Gasteiger partial charge in [-0.1, -0.05) is 13.8 Å². The molecule has 3 N–H and O–H groups in total. The average Bonchev–Trinajstić information content (AvgIpc) is 2.19. The van der Waals surface area contributed by atoms with Gasteiger partial charge in [-0.25, -0.2) is 4.79 Å². The number of ether oxygens (including phenoxy) is 1. The number of rotatable bonds is 2. The second-order valence-corrected chi connectivity index (χ2v) is 3.29. The molecule has 0 bridgehead atoms.